The monoisotopic (exact) mass is 247 g/mol. The predicted octanol–water partition coefficient (Wildman–Crippen LogP) is 1.51. The van der Waals surface area contributed by atoms with Crippen LogP contribution in [-0.4, -0.2) is 25.5 Å². The van der Waals surface area contributed by atoms with Crippen LogP contribution in [0.3, 0.4) is 0 Å². The number of carbonyl (C=O) groups is 1. The molecule has 0 atom stereocenters. The molecule has 0 spiro atoms. The van der Waals surface area contributed by atoms with E-state index in [4.69, 9.17) is 0 Å². The number of nitrogens with zero attached hydrogens (tertiary/aromatic N) is 4. The van der Waals surface area contributed by atoms with Gasteiger partial charge in [-0.3, -0.25) is 14.2 Å². The summed E-state index contributed by atoms with van der Waals surface area (Å²) in [5.41, 5.74) is 3.07. The van der Waals surface area contributed by atoms with Crippen molar-refractivity contribution in [3.05, 3.63) is 29.3 Å². The molecule has 0 saturated heterocycles. The minimum atomic E-state index is -0.158. The maximum atomic E-state index is 12.1. The van der Waals surface area contributed by atoms with E-state index in [9.17, 15) is 4.79 Å². The summed E-state index contributed by atoms with van der Waals surface area (Å²) in [5.74, 6) is -0.158. The Morgan fingerprint density at radius 3 is 2.67 bits per heavy atom. The Bertz CT molecular complexity index is 581. The van der Waals surface area contributed by atoms with Crippen LogP contribution in [-0.2, 0) is 13.6 Å². The third kappa shape index (κ3) is 2.13. The van der Waals surface area contributed by atoms with Gasteiger partial charge in [-0.1, -0.05) is 0 Å². The zero-order valence-electron chi connectivity index (χ0n) is 11.1. The van der Waals surface area contributed by atoms with E-state index in [1.54, 1.807) is 21.8 Å². The van der Waals surface area contributed by atoms with Crippen molar-refractivity contribution in [2.24, 2.45) is 7.05 Å². The first-order valence-corrected chi connectivity index (χ1v) is 5.87. The van der Waals surface area contributed by atoms with Crippen molar-refractivity contribution in [3.63, 3.8) is 0 Å². The highest BCUT2D eigenvalue weighted by atomic mass is 16.1. The van der Waals surface area contributed by atoms with Crippen LogP contribution in [0.2, 0.25) is 0 Å². The van der Waals surface area contributed by atoms with E-state index in [1.165, 1.54) is 0 Å². The SMILES string of the molecule is CCn1cc(C(=O)Nc2c(C)nn(C)c2C)cn1. The van der Waals surface area contributed by atoms with E-state index in [1.807, 2.05) is 27.8 Å². The van der Waals surface area contributed by atoms with Crippen molar-refractivity contribution in [1.82, 2.24) is 19.6 Å². The maximum Gasteiger partial charge on any atom is 0.258 e. The van der Waals surface area contributed by atoms with Gasteiger partial charge < -0.3 is 5.32 Å². The molecular formula is C12H17N5O. The van der Waals surface area contributed by atoms with Gasteiger partial charge in [0.1, 0.15) is 0 Å². The lowest BCUT2D eigenvalue weighted by Crippen LogP contribution is -2.12. The highest BCUT2D eigenvalue weighted by molar-refractivity contribution is 6.04. The maximum absolute atomic E-state index is 12.1. The van der Waals surface area contributed by atoms with Crippen molar-refractivity contribution in [1.29, 1.82) is 0 Å². The van der Waals surface area contributed by atoms with Crippen LogP contribution in [0.25, 0.3) is 0 Å². The summed E-state index contributed by atoms with van der Waals surface area (Å²) < 4.78 is 3.47. The first-order valence-electron chi connectivity index (χ1n) is 5.87. The van der Waals surface area contributed by atoms with Gasteiger partial charge in [-0.05, 0) is 20.8 Å². The van der Waals surface area contributed by atoms with E-state index in [0.717, 1.165) is 23.6 Å². The summed E-state index contributed by atoms with van der Waals surface area (Å²) in [7, 11) is 1.85. The van der Waals surface area contributed by atoms with Crippen LogP contribution < -0.4 is 5.32 Å². The lowest BCUT2D eigenvalue weighted by atomic mass is 10.2. The van der Waals surface area contributed by atoms with Crippen LogP contribution in [0.15, 0.2) is 12.4 Å². The van der Waals surface area contributed by atoms with E-state index < -0.39 is 0 Å². The Morgan fingerprint density at radius 2 is 2.17 bits per heavy atom. The average molecular weight is 247 g/mol. The van der Waals surface area contributed by atoms with E-state index in [2.05, 4.69) is 15.5 Å². The fraction of sp³-hybridized carbons (Fsp3) is 0.417. The van der Waals surface area contributed by atoms with Crippen molar-refractivity contribution >= 4 is 11.6 Å². The molecule has 1 amide bonds. The summed E-state index contributed by atoms with van der Waals surface area (Å²) in [6.45, 7) is 6.52. The zero-order chi connectivity index (χ0) is 13.3. The molecule has 96 valence electrons. The molecule has 0 unspecified atom stereocenters. The quantitative estimate of drug-likeness (QED) is 0.894. The molecule has 0 saturated carbocycles. The normalized spacial score (nSPS) is 10.7. The molecular weight excluding hydrogens is 230 g/mol. The molecule has 2 rings (SSSR count). The smallest absolute Gasteiger partial charge is 0.258 e. The Morgan fingerprint density at radius 1 is 1.44 bits per heavy atom. The van der Waals surface area contributed by atoms with Crippen molar-refractivity contribution in [2.75, 3.05) is 5.32 Å². The summed E-state index contributed by atoms with van der Waals surface area (Å²) in [4.78, 5) is 12.1. The van der Waals surface area contributed by atoms with Gasteiger partial charge in [0.15, 0.2) is 0 Å². The van der Waals surface area contributed by atoms with Gasteiger partial charge in [0.05, 0.1) is 28.8 Å². The van der Waals surface area contributed by atoms with Crippen LogP contribution in [0, 0.1) is 13.8 Å². The van der Waals surface area contributed by atoms with Gasteiger partial charge in [-0.25, -0.2) is 0 Å². The van der Waals surface area contributed by atoms with Crippen molar-refractivity contribution < 1.29 is 4.79 Å². The fourth-order valence-corrected chi connectivity index (χ4v) is 1.79. The van der Waals surface area contributed by atoms with Crippen LogP contribution in [0.5, 0.6) is 0 Å². The molecule has 1 N–H and O–H groups in total. The number of amides is 1. The zero-order valence-corrected chi connectivity index (χ0v) is 11.1. The predicted molar refractivity (Wildman–Crippen MR) is 68.5 cm³/mol. The second-order valence-electron chi connectivity index (χ2n) is 4.21. The largest absolute Gasteiger partial charge is 0.319 e. The molecule has 2 heterocycles. The topological polar surface area (TPSA) is 64.7 Å². The lowest BCUT2D eigenvalue weighted by molar-refractivity contribution is 0.102. The highest BCUT2D eigenvalue weighted by Crippen LogP contribution is 2.19. The fourth-order valence-electron chi connectivity index (χ4n) is 1.79. The number of hydrogen-bond acceptors (Lipinski definition) is 3. The number of nitrogens with one attached hydrogen (secondary N) is 1. The highest BCUT2D eigenvalue weighted by Gasteiger charge is 2.14. The molecule has 0 radical (unpaired) electrons. The van der Waals surface area contributed by atoms with Crippen molar-refractivity contribution in [2.45, 2.75) is 27.3 Å². The number of carbonyl (C=O) groups excluding carboxylic acids is 1. The molecule has 6 nitrogen and oxygen atoms in total. The average Bonchev–Trinajstić information content (AvgIpc) is 2.90. The van der Waals surface area contributed by atoms with Crippen LogP contribution in [0.1, 0.15) is 28.7 Å². The third-order valence-electron chi connectivity index (χ3n) is 2.97. The minimum Gasteiger partial charge on any atom is -0.319 e. The molecule has 18 heavy (non-hydrogen) atoms. The van der Waals surface area contributed by atoms with Crippen LogP contribution >= 0.6 is 0 Å². The number of aryl methyl sites for hydroxylation is 3. The molecule has 0 aliphatic heterocycles. The van der Waals surface area contributed by atoms with Crippen molar-refractivity contribution in [3.8, 4) is 0 Å². The lowest BCUT2D eigenvalue weighted by Gasteiger charge is -2.03. The number of hydrogen-bond donors (Lipinski definition) is 1. The van der Waals surface area contributed by atoms with Gasteiger partial charge in [0.25, 0.3) is 5.91 Å². The number of rotatable bonds is 3. The molecule has 2 aromatic heterocycles. The summed E-state index contributed by atoms with van der Waals surface area (Å²) in [6.07, 6.45) is 3.30. The molecule has 0 aliphatic carbocycles. The van der Waals surface area contributed by atoms with Gasteiger partial charge in [0.2, 0.25) is 0 Å². The van der Waals surface area contributed by atoms with E-state index in [0.29, 0.717) is 5.56 Å². The Labute approximate surface area is 106 Å². The molecule has 6 heteroatoms. The van der Waals surface area contributed by atoms with Gasteiger partial charge in [-0.2, -0.15) is 10.2 Å². The summed E-state index contributed by atoms with van der Waals surface area (Å²) in [5, 5.41) is 11.2. The van der Waals surface area contributed by atoms with Gasteiger partial charge in [-0.15, -0.1) is 0 Å². The second-order valence-corrected chi connectivity index (χ2v) is 4.21. The Balaban J connectivity index is 2.21. The molecule has 0 aromatic carbocycles. The minimum absolute atomic E-state index is 0.158. The first kappa shape index (κ1) is 12.3. The van der Waals surface area contributed by atoms with Gasteiger partial charge >= 0.3 is 0 Å². The number of aromatic nitrogens is 4. The molecule has 0 fully saturated rings. The standard InChI is InChI=1S/C12H17N5O/c1-5-17-7-10(6-13-17)12(18)14-11-8(2)15-16(4)9(11)3/h6-7H,5H2,1-4H3,(H,14,18). The Hall–Kier alpha value is -2.11. The summed E-state index contributed by atoms with van der Waals surface area (Å²) in [6, 6.07) is 0. The van der Waals surface area contributed by atoms with Crippen LogP contribution in [0.4, 0.5) is 5.69 Å². The van der Waals surface area contributed by atoms with Gasteiger partial charge in [0, 0.05) is 19.8 Å². The van der Waals surface area contributed by atoms with E-state index in [-0.39, 0.29) is 5.91 Å². The third-order valence-corrected chi connectivity index (χ3v) is 2.97. The molecule has 2 aromatic rings. The Kier molecular flexibility index (Phi) is 3.18. The second kappa shape index (κ2) is 4.64. The van der Waals surface area contributed by atoms with E-state index >= 15 is 0 Å². The first-order chi connectivity index (χ1) is 8.52. The molecule has 0 aliphatic rings. The number of anilines is 1. The summed E-state index contributed by atoms with van der Waals surface area (Å²) >= 11 is 0. The molecule has 0 bridgehead atoms.